The first-order chi connectivity index (χ1) is 7.99. The Hall–Kier alpha value is -1.12. The average Bonchev–Trinajstić information content (AvgIpc) is 2.64. The van der Waals surface area contributed by atoms with Crippen LogP contribution in [0, 0.1) is 5.41 Å². The van der Waals surface area contributed by atoms with Crippen molar-refractivity contribution in [2.75, 3.05) is 0 Å². The third-order valence-electron chi connectivity index (χ3n) is 3.42. The highest BCUT2D eigenvalue weighted by Gasteiger charge is 2.30. The van der Waals surface area contributed by atoms with E-state index in [4.69, 9.17) is 11.6 Å². The Labute approximate surface area is 107 Å². The van der Waals surface area contributed by atoms with Gasteiger partial charge in [-0.05, 0) is 45.1 Å². The number of hydrogen-bond donors (Lipinski definition) is 1. The Kier molecular flexibility index (Phi) is 2.22. The predicted octanol–water partition coefficient (Wildman–Crippen LogP) is 1.50. The molecule has 0 saturated heterocycles. The van der Waals surface area contributed by atoms with Crippen molar-refractivity contribution in [1.82, 2.24) is 0 Å². The minimum atomic E-state index is -0.0190. The molecule has 17 heavy (non-hydrogen) atoms. The van der Waals surface area contributed by atoms with Crippen LogP contribution in [0.2, 0.25) is 0 Å². The molecule has 0 radical (unpaired) electrons. The summed E-state index contributed by atoms with van der Waals surface area (Å²) in [6, 6.07) is 1.87. The predicted molar refractivity (Wildman–Crippen MR) is 73.8 cm³/mol. The number of hydrogen-bond acceptors (Lipinski definition) is 1. The molecule has 0 spiro atoms. The van der Waals surface area contributed by atoms with Crippen LogP contribution in [-0.4, -0.2) is 14.2 Å². The fourth-order valence-electron chi connectivity index (χ4n) is 2.60. The SMILES string of the molecule is CC1(C)C=CC(Cl)=C2C=c3[siH]cc(O)cc3=C21. The maximum atomic E-state index is 9.68. The van der Waals surface area contributed by atoms with Crippen molar-refractivity contribution in [3.8, 4) is 5.75 Å². The summed E-state index contributed by atoms with van der Waals surface area (Å²) < 4.78 is 0. The van der Waals surface area contributed by atoms with Crippen LogP contribution in [-0.2, 0) is 0 Å². The van der Waals surface area contributed by atoms with Crippen molar-refractivity contribution < 1.29 is 5.11 Å². The van der Waals surface area contributed by atoms with E-state index in [0.29, 0.717) is 5.75 Å². The molecule has 2 aliphatic rings. The van der Waals surface area contributed by atoms with Gasteiger partial charge in [0.1, 0.15) is 5.75 Å². The molecule has 0 aliphatic heterocycles. The van der Waals surface area contributed by atoms with Gasteiger partial charge in [-0.15, -0.1) is 0 Å². The quantitative estimate of drug-likeness (QED) is 0.701. The lowest BCUT2D eigenvalue weighted by Crippen LogP contribution is -2.30. The van der Waals surface area contributed by atoms with Crippen LogP contribution in [0.25, 0.3) is 11.6 Å². The maximum Gasteiger partial charge on any atom is 0.111 e. The van der Waals surface area contributed by atoms with E-state index in [-0.39, 0.29) is 14.5 Å². The molecule has 1 N–H and O–H groups in total. The minimum absolute atomic E-state index is 0.0152. The molecular weight excluding hydrogens is 248 g/mol. The number of fused-ring (bicyclic) bond motifs is 2. The van der Waals surface area contributed by atoms with E-state index in [1.165, 1.54) is 15.6 Å². The average molecular weight is 261 g/mol. The lowest BCUT2D eigenvalue weighted by molar-refractivity contribution is 0.476. The molecule has 1 heterocycles. The van der Waals surface area contributed by atoms with E-state index in [0.717, 1.165) is 10.6 Å². The standard InChI is InChI=1S/C14H13ClOSi/c1-14(2)4-3-11(15)9-6-12-10(13(9)14)5-8(16)7-17-12/h3-7,16-17H,1-2H3. The molecule has 0 aromatic carbocycles. The van der Waals surface area contributed by atoms with Crippen molar-refractivity contribution in [2.24, 2.45) is 5.41 Å². The number of aromatic hydroxyl groups is 1. The van der Waals surface area contributed by atoms with Crippen molar-refractivity contribution >= 4 is 32.4 Å². The summed E-state index contributed by atoms with van der Waals surface area (Å²) in [5.41, 5.74) is 4.29. The number of rotatable bonds is 0. The van der Waals surface area contributed by atoms with Gasteiger partial charge in [-0.2, -0.15) is 0 Å². The Morgan fingerprint density at radius 3 is 2.88 bits per heavy atom. The zero-order valence-electron chi connectivity index (χ0n) is 9.79. The highest BCUT2D eigenvalue weighted by molar-refractivity contribution is 6.35. The third kappa shape index (κ3) is 1.55. The molecule has 3 heteroatoms. The summed E-state index contributed by atoms with van der Waals surface area (Å²) in [5.74, 6) is 0.391. The molecule has 0 amide bonds. The van der Waals surface area contributed by atoms with Gasteiger partial charge in [0.25, 0.3) is 0 Å². The van der Waals surface area contributed by atoms with Gasteiger partial charge in [0.15, 0.2) is 0 Å². The zero-order valence-corrected chi connectivity index (χ0v) is 11.7. The first-order valence-electron chi connectivity index (χ1n) is 5.64. The smallest absolute Gasteiger partial charge is 0.111 e. The summed E-state index contributed by atoms with van der Waals surface area (Å²) >= 11 is 6.28. The van der Waals surface area contributed by atoms with Crippen LogP contribution >= 0.6 is 11.6 Å². The first kappa shape index (κ1) is 11.0. The molecule has 1 aromatic rings. The summed E-state index contributed by atoms with van der Waals surface area (Å²) in [6.45, 7) is 4.37. The lowest BCUT2D eigenvalue weighted by atomic mass is 9.77. The van der Waals surface area contributed by atoms with E-state index < -0.39 is 0 Å². The fraction of sp³-hybridized carbons (Fsp3) is 0.214. The molecule has 1 aromatic heterocycles. The van der Waals surface area contributed by atoms with Crippen molar-refractivity contribution in [3.63, 3.8) is 0 Å². The molecule has 0 bridgehead atoms. The topological polar surface area (TPSA) is 20.2 Å². The molecule has 2 aliphatic carbocycles. The second-order valence-electron chi connectivity index (χ2n) is 5.11. The van der Waals surface area contributed by atoms with Crippen LogP contribution in [0.3, 0.4) is 0 Å². The van der Waals surface area contributed by atoms with Gasteiger partial charge in [0.05, 0.1) is 0 Å². The normalized spacial score (nSPS) is 20.1. The van der Waals surface area contributed by atoms with Crippen LogP contribution < -0.4 is 10.0 Å². The van der Waals surface area contributed by atoms with E-state index in [1.807, 2.05) is 17.8 Å². The number of allylic oxidation sites excluding steroid dienone is 4. The second kappa shape index (κ2) is 3.44. The highest BCUT2D eigenvalue weighted by Crippen LogP contribution is 2.42. The zero-order chi connectivity index (χ0) is 12.2. The maximum absolute atomic E-state index is 9.68. The van der Waals surface area contributed by atoms with Gasteiger partial charge in [-0.3, -0.25) is 0 Å². The van der Waals surface area contributed by atoms with Gasteiger partial charge < -0.3 is 5.11 Å². The summed E-state index contributed by atoms with van der Waals surface area (Å²) in [6.07, 6.45) is 6.31. The molecule has 3 rings (SSSR count). The Morgan fingerprint density at radius 1 is 1.35 bits per heavy atom. The van der Waals surface area contributed by atoms with Gasteiger partial charge >= 0.3 is 0 Å². The lowest BCUT2D eigenvalue weighted by Gasteiger charge is -2.28. The summed E-state index contributed by atoms with van der Waals surface area (Å²) in [5, 5.41) is 11.7. The molecule has 1 nitrogen and oxygen atoms in total. The molecule has 0 unspecified atom stereocenters. The molecular formula is C14H13ClOSi. The molecule has 0 fully saturated rings. The number of halogens is 1. The van der Waals surface area contributed by atoms with Gasteiger partial charge in [0, 0.05) is 19.6 Å². The van der Waals surface area contributed by atoms with Gasteiger partial charge in [-0.25, -0.2) is 0 Å². The summed E-state index contributed by atoms with van der Waals surface area (Å²) in [7, 11) is 0.0152. The monoisotopic (exact) mass is 260 g/mol. The molecule has 86 valence electrons. The van der Waals surface area contributed by atoms with E-state index in [9.17, 15) is 5.11 Å². The Balaban J connectivity index is 2.49. The van der Waals surface area contributed by atoms with E-state index >= 15 is 0 Å². The van der Waals surface area contributed by atoms with E-state index in [2.05, 4.69) is 26.0 Å². The van der Waals surface area contributed by atoms with Crippen molar-refractivity contribution in [2.45, 2.75) is 13.8 Å². The van der Waals surface area contributed by atoms with Gasteiger partial charge in [-0.1, -0.05) is 31.5 Å². The highest BCUT2D eigenvalue weighted by atomic mass is 35.5. The Bertz CT molecular complexity index is 695. The summed E-state index contributed by atoms with van der Waals surface area (Å²) in [4.78, 5) is 1.34. The van der Waals surface area contributed by atoms with Crippen molar-refractivity contribution in [3.05, 3.63) is 44.5 Å². The molecule has 0 saturated carbocycles. The van der Waals surface area contributed by atoms with Gasteiger partial charge in [0.2, 0.25) is 0 Å². The first-order valence-corrected chi connectivity index (χ1v) is 7.26. The second-order valence-corrected chi connectivity index (χ2v) is 6.80. The van der Waals surface area contributed by atoms with Crippen LogP contribution in [0.1, 0.15) is 13.8 Å². The fourth-order valence-corrected chi connectivity index (χ4v) is 3.93. The molecule has 0 atom stereocenters. The third-order valence-corrected chi connectivity index (χ3v) is 5.10. The largest absolute Gasteiger partial charge is 0.508 e. The Morgan fingerprint density at radius 2 is 2.12 bits per heavy atom. The van der Waals surface area contributed by atoms with Crippen molar-refractivity contribution in [1.29, 1.82) is 0 Å². The van der Waals surface area contributed by atoms with Crippen LogP contribution in [0.15, 0.2) is 34.5 Å². The minimum Gasteiger partial charge on any atom is -0.508 e. The van der Waals surface area contributed by atoms with Crippen LogP contribution in [0.4, 0.5) is 0 Å². The van der Waals surface area contributed by atoms with E-state index in [1.54, 1.807) is 0 Å². The van der Waals surface area contributed by atoms with Crippen LogP contribution in [0.5, 0.6) is 5.75 Å².